The summed E-state index contributed by atoms with van der Waals surface area (Å²) in [6.45, 7) is 10.5. The van der Waals surface area contributed by atoms with Crippen LogP contribution in [0.25, 0.3) is 0 Å². The molecule has 1 aliphatic carbocycles. The molecule has 3 heterocycles. The zero-order valence-corrected chi connectivity index (χ0v) is 29.4. The highest BCUT2D eigenvalue weighted by Gasteiger charge is 2.53. The van der Waals surface area contributed by atoms with E-state index in [0.717, 1.165) is 19.3 Å². The maximum absolute atomic E-state index is 13.1. The minimum Gasteiger partial charge on any atom is -0.454 e. The van der Waals surface area contributed by atoms with E-state index in [9.17, 15) is 24.4 Å². The van der Waals surface area contributed by atoms with E-state index in [4.69, 9.17) is 32.7 Å². The number of carbonyl (C=O) groups is 2. The number of aromatic amines is 1. The molecule has 0 aromatic carbocycles. The van der Waals surface area contributed by atoms with Gasteiger partial charge in [-0.25, -0.2) is 19.1 Å². The molecule has 0 spiro atoms. The molecule has 3 fully saturated rings. The number of nitriles is 1. The summed E-state index contributed by atoms with van der Waals surface area (Å²) >= 11 is 0. The Kier molecular flexibility index (Phi) is 14.1. The van der Waals surface area contributed by atoms with Gasteiger partial charge in [0.2, 0.25) is 0 Å². The lowest BCUT2D eigenvalue weighted by molar-refractivity contribution is -0.175. The van der Waals surface area contributed by atoms with E-state index in [2.05, 4.69) is 11.1 Å². The molecular formula is C32H49N4O11P. The minimum atomic E-state index is -1.85. The van der Waals surface area contributed by atoms with Crippen LogP contribution in [-0.2, 0) is 42.3 Å². The average molecular weight is 697 g/mol. The van der Waals surface area contributed by atoms with E-state index in [-0.39, 0.29) is 31.2 Å². The fourth-order valence-electron chi connectivity index (χ4n) is 6.19. The standard InChI is InChI=1S/C32H49N4O11P/c1-21(2)36(22(3)4)48(43-17-9-15-33)47-26-24(20-42-29(38)30(39)44-23-10-7-6-8-11-23)45-28(35-16-12-25(37)34-31(35)40)27(26)46-32(5)13-18-41-19-14-32/h12,16,21-24,26-28H,6-11,13-14,17-20H2,1-5H3,(H,34,37,40)/t24-,26?,27+,28-,48?/m1/s1. The van der Waals surface area contributed by atoms with Crippen molar-refractivity contribution in [2.24, 2.45) is 0 Å². The van der Waals surface area contributed by atoms with E-state index < -0.39 is 68.5 Å². The maximum atomic E-state index is 13.1. The van der Waals surface area contributed by atoms with Gasteiger partial charge in [-0.1, -0.05) is 6.42 Å². The van der Waals surface area contributed by atoms with Gasteiger partial charge in [0.15, 0.2) is 6.23 Å². The summed E-state index contributed by atoms with van der Waals surface area (Å²) in [6, 6.07) is 3.22. The first-order chi connectivity index (χ1) is 22.9. The van der Waals surface area contributed by atoms with Gasteiger partial charge in [0.1, 0.15) is 31.0 Å². The number of H-pyrrole nitrogens is 1. The average Bonchev–Trinajstić information content (AvgIpc) is 3.35. The van der Waals surface area contributed by atoms with E-state index >= 15 is 0 Å². The highest BCUT2D eigenvalue weighted by Crippen LogP contribution is 2.51. The van der Waals surface area contributed by atoms with Crippen molar-refractivity contribution >= 4 is 20.5 Å². The summed E-state index contributed by atoms with van der Waals surface area (Å²) in [5.74, 6) is -2.25. The van der Waals surface area contributed by atoms with Gasteiger partial charge in [0, 0.05) is 37.6 Å². The lowest BCUT2D eigenvalue weighted by Gasteiger charge is -2.41. The number of hydrogen-bond donors (Lipinski definition) is 1. The van der Waals surface area contributed by atoms with Gasteiger partial charge in [-0.15, -0.1) is 0 Å². The Morgan fingerprint density at radius 3 is 2.42 bits per heavy atom. The van der Waals surface area contributed by atoms with Crippen LogP contribution < -0.4 is 11.2 Å². The Labute approximate surface area is 282 Å². The molecule has 48 heavy (non-hydrogen) atoms. The molecule has 0 bridgehead atoms. The quantitative estimate of drug-likeness (QED) is 0.129. The third kappa shape index (κ3) is 10.2. The summed E-state index contributed by atoms with van der Waals surface area (Å²) < 4.78 is 45.8. The molecule has 16 heteroatoms. The number of rotatable bonds is 14. The first-order valence-corrected chi connectivity index (χ1v) is 17.9. The lowest BCUT2D eigenvalue weighted by Crippen LogP contribution is -2.48. The van der Waals surface area contributed by atoms with Gasteiger partial charge < -0.3 is 32.7 Å². The molecular weight excluding hydrogens is 647 g/mol. The summed E-state index contributed by atoms with van der Waals surface area (Å²) in [4.78, 5) is 52.8. The molecule has 3 aliphatic rings. The molecule has 2 saturated heterocycles. The fraction of sp³-hybridized carbons (Fsp3) is 0.781. The van der Waals surface area contributed by atoms with E-state index in [1.165, 1.54) is 16.8 Å². The number of aromatic nitrogens is 2. The second-order valence-corrected chi connectivity index (χ2v) is 14.5. The molecule has 0 radical (unpaired) electrons. The van der Waals surface area contributed by atoms with Crippen molar-refractivity contribution in [3.05, 3.63) is 33.1 Å². The van der Waals surface area contributed by atoms with Crippen LogP contribution in [0.3, 0.4) is 0 Å². The van der Waals surface area contributed by atoms with Crippen LogP contribution in [0.4, 0.5) is 0 Å². The van der Waals surface area contributed by atoms with Crippen LogP contribution in [0.5, 0.6) is 0 Å². The molecule has 15 nitrogen and oxygen atoms in total. The van der Waals surface area contributed by atoms with Crippen LogP contribution >= 0.6 is 8.53 Å². The highest BCUT2D eigenvalue weighted by molar-refractivity contribution is 7.44. The van der Waals surface area contributed by atoms with Crippen molar-refractivity contribution in [3.63, 3.8) is 0 Å². The fourth-order valence-corrected chi connectivity index (χ4v) is 7.96. The number of hydrogen-bond acceptors (Lipinski definition) is 13. The molecule has 268 valence electrons. The van der Waals surface area contributed by atoms with Crippen molar-refractivity contribution < 1.29 is 42.3 Å². The Morgan fingerprint density at radius 2 is 1.79 bits per heavy atom. The molecule has 2 aliphatic heterocycles. The Bertz CT molecular complexity index is 1360. The van der Waals surface area contributed by atoms with Crippen LogP contribution in [0, 0.1) is 11.3 Å². The topological polar surface area (TPSA) is 181 Å². The molecule has 1 saturated carbocycles. The first kappa shape index (κ1) is 38.1. The predicted octanol–water partition coefficient (Wildman–Crippen LogP) is 3.47. The molecule has 1 aromatic heterocycles. The van der Waals surface area contributed by atoms with Crippen molar-refractivity contribution in [2.45, 2.75) is 134 Å². The van der Waals surface area contributed by atoms with Crippen LogP contribution in [0.15, 0.2) is 21.9 Å². The molecule has 0 amide bonds. The van der Waals surface area contributed by atoms with Gasteiger partial charge >= 0.3 is 17.6 Å². The smallest absolute Gasteiger partial charge is 0.417 e. The SMILES string of the molecule is CC(C)N(C(C)C)P(OCCC#N)OC1[C@@H](COC(=O)C(=O)OC2CCCCC2)O[C@@H](n2ccc(=O)[nH]c2=O)[C@H]1OC1(C)CCOCC1. The van der Waals surface area contributed by atoms with E-state index in [1.54, 1.807) is 0 Å². The van der Waals surface area contributed by atoms with E-state index in [1.807, 2.05) is 39.3 Å². The van der Waals surface area contributed by atoms with Crippen LogP contribution in [0.2, 0.25) is 0 Å². The summed E-state index contributed by atoms with van der Waals surface area (Å²) in [5.41, 5.74) is -2.02. The summed E-state index contributed by atoms with van der Waals surface area (Å²) in [5, 5.41) is 9.22. The zero-order chi connectivity index (χ0) is 34.8. The van der Waals surface area contributed by atoms with E-state index in [0.29, 0.717) is 38.9 Å². The molecule has 2 unspecified atom stereocenters. The van der Waals surface area contributed by atoms with Gasteiger partial charge in [-0.3, -0.25) is 14.3 Å². The molecule has 1 aromatic rings. The Balaban J connectivity index is 1.68. The Hall–Kier alpha value is -2.70. The zero-order valence-electron chi connectivity index (χ0n) is 28.5. The largest absolute Gasteiger partial charge is 0.454 e. The van der Waals surface area contributed by atoms with Crippen LogP contribution in [-0.4, -0.2) is 94.7 Å². The first-order valence-electron chi connectivity index (χ1n) is 16.8. The number of carbonyl (C=O) groups excluding carboxylic acids is 2. The molecule has 5 atom stereocenters. The molecule has 1 N–H and O–H groups in total. The summed E-state index contributed by atoms with van der Waals surface area (Å²) in [7, 11) is -1.85. The normalized spacial score (nSPS) is 25.2. The third-order valence-corrected chi connectivity index (χ3v) is 10.8. The van der Waals surface area contributed by atoms with Gasteiger partial charge in [-0.05, 0) is 73.1 Å². The van der Waals surface area contributed by atoms with Crippen molar-refractivity contribution in [2.75, 3.05) is 26.4 Å². The second kappa shape index (κ2) is 17.8. The number of nitrogens with zero attached hydrogens (tertiary/aromatic N) is 3. The van der Waals surface area contributed by atoms with Crippen molar-refractivity contribution in [3.8, 4) is 6.07 Å². The Morgan fingerprint density at radius 1 is 1.10 bits per heavy atom. The maximum Gasteiger partial charge on any atom is 0.417 e. The van der Waals surface area contributed by atoms with Crippen molar-refractivity contribution in [1.82, 2.24) is 14.2 Å². The van der Waals surface area contributed by atoms with Gasteiger partial charge in [0.05, 0.1) is 24.7 Å². The molecule has 4 rings (SSSR count). The number of ether oxygens (including phenoxy) is 5. The van der Waals surface area contributed by atoms with Crippen LogP contribution in [0.1, 0.15) is 92.2 Å². The van der Waals surface area contributed by atoms with Gasteiger partial charge in [0.25, 0.3) is 14.1 Å². The number of nitrogens with one attached hydrogen (secondary N) is 1. The summed E-state index contributed by atoms with van der Waals surface area (Å²) in [6.07, 6.45) is 2.34. The third-order valence-electron chi connectivity index (χ3n) is 8.63. The predicted molar refractivity (Wildman–Crippen MR) is 173 cm³/mol. The monoisotopic (exact) mass is 696 g/mol. The second-order valence-electron chi connectivity index (χ2n) is 13.1. The van der Waals surface area contributed by atoms with Crippen molar-refractivity contribution in [1.29, 1.82) is 5.26 Å². The number of esters is 2. The minimum absolute atomic E-state index is 0.0312. The highest BCUT2D eigenvalue weighted by atomic mass is 31.2. The lowest BCUT2D eigenvalue weighted by atomic mass is 9.95. The van der Waals surface area contributed by atoms with Gasteiger partial charge in [-0.2, -0.15) is 5.26 Å².